The Balaban J connectivity index is 2.11. The van der Waals surface area contributed by atoms with Crippen molar-refractivity contribution in [1.29, 1.82) is 0 Å². The van der Waals surface area contributed by atoms with Gasteiger partial charge < -0.3 is 4.90 Å². The molecule has 1 aliphatic rings. The molecule has 0 fully saturated rings. The van der Waals surface area contributed by atoms with E-state index in [2.05, 4.69) is 34.1 Å². The lowest BCUT2D eigenvalue weighted by molar-refractivity contribution is -0.131. The number of carbonyl (C=O) groups excluding carboxylic acids is 1. The van der Waals surface area contributed by atoms with E-state index in [4.69, 9.17) is 0 Å². The van der Waals surface area contributed by atoms with Crippen LogP contribution in [0.4, 0.5) is 0 Å². The third-order valence-corrected chi connectivity index (χ3v) is 4.11. The van der Waals surface area contributed by atoms with Crippen LogP contribution < -0.4 is 0 Å². The number of rotatable bonds is 2. The molecule has 2 rings (SSSR count). The van der Waals surface area contributed by atoms with Gasteiger partial charge in [-0.1, -0.05) is 47.1 Å². The summed E-state index contributed by atoms with van der Waals surface area (Å²) >= 11 is 3.43. The molecule has 1 amide bonds. The Morgan fingerprint density at radius 1 is 1.44 bits per heavy atom. The van der Waals surface area contributed by atoms with Crippen molar-refractivity contribution in [2.24, 2.45) is 0 Å². The molecule has 0 aromatic heterocycles. The van der Waals surface area contributed by atoms with Crippen LogP contribution in [0.25, 0.3) is 0 Å². The van der Waals surface area contributed by atoms with Crippen molar-refractivity contribution in [3.8, 4) is 0 Å². The summed E-state index contributed by atoms with van der Waals surface area (Å²) in [4.78, 5) is 13.9. The van der Waals surface area contributed by atoms with Gasteiger partial charge in [-0.05, 0) is 24.0 Å². The summed E-state index contributed by atoms with van der Waals surface area (Å²) in [7, 11) is 0. The molecule has 1 heterocycles. The highest BCUT2D eigenvalue weighted by Crippen LogP contribution is 2.20. The van der Waals surface area contributed by atoms with Crippen LogP contribution in [0.3, 0.4) is 0 Å². The average molecular weight is 282 g/mol. The molecule has 1 unspecified atom stereocenters. The second kappa shape index (κ2) is 5.00. The van der Waals surface area contributed by atoms with Crippen molar-refractivity contribution < 1.29 is 4.79 Å². The van der Waals surface area contributed by atoms with E-state index in [-0.39, 0.29) is 10.7 Å². The van der Waals surface area contributed by atoms with Gasteiger partial charge >= 0.3 is 0 Å². The summed E-state index contributed by atoms with van der Waals surface area (Å²) in [6.07, 6.45) is 1.82. The van der Waals surface area contributed by atoms with Crippen LogP contribution in [0.1, 0.15) is 24.5 Å². The van der Waals surface area contributed by atoms with E-state index < -0.39 is 0 Å². The highest BCUT2D eigenvalue weighted by molar-refractivity contribution is 9.10. The molecule has 86 valence electrons. The molecular formula is C13H16BrNO. The van der Waals surface area contributed by atoms with Crippen LogP contribution in [0.2, 0.25) is 0 Å². The van der Waals surface area contributed by atoms with Crippen LogP contribution in [0, 0.1) is 0 Å². The van der Waals surface area contributed by atoms with Crippen molar-refractivity contribution in [3.05, 3.63) is 35.4 Å². The molecule has 1 aliphatic heterocycles. The quantitative estimate of drug-likeness (QED) is 0.764. The summed E-state index contributed by atoms with van der Waals surface area (Å²) in [5.41, 5.74) is 2.67. The molecule has 0 N–H and O–H groups in total. The van der Waals surface area contributed by atoms with Crippen LogP contribution in [-0.2, 0) is 17.8 Å². The van der Waals surface area contributed by atoms with E-state index in [0.29, 0.717) is 0 Å². The molecule has 0 saturated heterocycles. The molecule has 1 atom stereocenters. The molecule has 0 spiro atoms. The van der Waals surface area contributed by atoms with Gasteiger partial charge in [-0.3, -0.25) is 4.79 Å². The minimum Gasteiger partial charge on any atom is -0.337 e. The SMILES string of the molecule is CCC(Br)C(=O)N1CCc2ccccc2C1. The Morgan fingerprint density at radius 2 is 2.12 bits per heavy atom. The number of carbonyl (C=O) groups is 1. The van der Waals surface area contributed by atoms with Gasteiger partial charge in [0.25, 0.3) is 0 Å². The highest BCUT2D eigenvalue weighted by atomic mass is 79.9. The lowest BCUT2D eigenvalue weighted by atomic mass is 10.00. The Bertz CT molecular complexity index is 391. The second-order valence-electron chi connectivity index (χ2n) is 4.15. The summed E-state index contributed by atoms with van der Waals surface area (Å²) < 4.78 is 0. The fourth-order valence-electron chi connectivity index (χ4n) is 2.06. The number of fused-ring (bicyclic) bond motifs is 1. The number of amides is 1. The van der Waals surface area contributed by atoms with Crippen LogP contribution >= 0.6 is 15.9 Å². The number of hydrogen-bond acceptors (Lipinski definition) is 1. The van der Waals surface area contributed by atoms with Gasteiger partial charge in [0.05, 0.1) is 4.83 Å². The average Bonchev–Trinajstić information content (AvgIpc) is 2.36. The van der Waals surface area contributed by atoms with Crippen molar-refractivity contribution in [2.45, 2.75) is 31.1 Å². The summed E-state index contributed by atoms with van der Waals surface area (Å²) in [6, 6.07) is 8.38. The minimum atomic E-state index is -0.0298. The summed E-state index contributed by atoms with van der Waals surface area (Å²) in [5, 5.41) is 0. The zero-order chi connectivity index (χ0) is 11.5. The predicted molar refractivity (Wildman–Crippen MR) is 68.6 cm³/mol. The Kier molecular flexibility index (Phi) is 3.64. The smallest absolute Gasteiger partial charge is 0.236 e. The van der Waals surface area contributed by atoms with E-state index >= 15 is 0 Å². The summed E-state index contributed by atoms with van der Waals surface area (Å²) in [5.74, 6) is 0.219. The number of benzene rings is 1. The van der Waals surface area contributed by atoms with E-state index in [1.807, 2.05) is 17.9 Å². The molecule has 0 radical (unpaired) electrons. The summed E-state index contributed by atoms with van der Waals surface area (Å²) in [6.45, 7) is 3.63. The van der Waals surface area contributed by atoms with Crippen molar-refractivity contribution in [3.63, 3.8) is 0 Å². The lowest BCUT2D eigenvalue weighted by Crippen LogP contribution is -2.39. The van der Waals surface area contributed by atoms with Crippen LogP contribution in [-0.4, -0.2) is 22.2 Å². The molecule has 0 saturated carbocycles. The molecular weight excluding hydrogens is 266 g/mol. The number of halogens is 1. The zero-order valence-electron chi connectivity index (χ0n) is 9.45. The Hall–Kier alpha value is -0.830. The number of nitrogens with zero attached hydrogens (tertiary/aromatic N) is 1. The second-order valence-corrected chi connectivity index (χ2v) is 5.26. The molecule has 2 nitrogen and oxygen atoms in total. The normalized spacial score (nSPS) is 16.8. The van der Waals surface area contributed by atoms with Gasteiger partial charge in [0.15, 0.2) is 0 Å². The van der Waals surface area contributed by atoms with Crippen molar-refractivity contribution in [1.82, 2.24) is 4.90 Å². The third-order valence-electron chi connectivity index (χ3n) is 3.07. The fourth-order valence-corrected chi connectivity index (χ4v) is 2.35. The van der Waals surface area contributed by atoms with E-state index in [1.165, 1.54) is 11.1 Å². The Morgan fingerprint density at radius 3 is 2.81 bits per heavy atom. The fraction of sp³-hybridized carbons (Fsp3) is 0.462. The van der Waals surface area contributed by atoms with Crippen molar-refractivity contribution in [2.75, 3.05) is 6.54 Å². The topological polar surface area (TPSA) is 20.3 Å². The molecule has 1 aromatic rings. The minimum absolute atomic E-state index is 0.0298. The first-order valence-electron chi connectivity index (χ1n) is 5.72. The first kappa shape index (κ1) is 11.6. The molecule has 16 heavy (non-hydrogen) atoms. The maximum absolute atomic E-state index is 12.0. The monoisotopic (exact) mass is 281 g/mol. The maximum atomic E-state index is 12.0. The third kappa shape index (κ3) is 2.29. The zero-order valence-corrected chi connectivity index (χ0v) is 11.0. The first-order chi connectivity index (χ1) is 7.72. The van der Waals surface area contributed by atoms with Gasteiger partial charge in [-0.15, -0.1) is 0 Å². The van der Waals surface area contributed by atoms with Gasteiger partial charge in [-0.2, -0.15) is 0 Å². The van der Waals surface area contributed by atoms with Crippen LogP contribution in [0.15, 0.2) is 24.3 Å². The standard InChI is InChI=1S/C13H16BrNO/c1-2-12(14)13(16)15-8-7-10-5-3-4-6-11(10)9-15/h3-6,12H,2,7-9H2,1H3. The highest BCUT2D eigenvalue weighted by Gasteiger charge is 2.24. The van der Waals surface area contributed by atoms with Gasteiger partial charge in [0.2, 0.25) is 5.91 Å². The molecule has 1 aromatic carbocycles. The number of hydrogen-bond donors (Lipinski definition) is 0. The van der Waals surface area contributed by atoms with Gasteiger partial charge in [0.1, 0.15) is 0 Å². The van der Waals surface area contributed by atoms with E-state index in [1.54, 1.807) is 0 Å². The molecule has 3 heteroatoms. The Labute approximate surface area is 105 Å². The largest absolute Gasteiger partial charge is 0.337 e. The lowest BCUT2D eigenvalue weighted by Gasteiger charge is -2.30. The maximum Gasteiger partial charge on any atom is 0.236 e. The van der Waals surface area contributed by atoms with E-state index in [9.17, 15) is 4.79 Å². The first-order valence-corrected chi connectivity index (χ1v) is 6.63. The van der Waals surface area contributed by atoms with Crippen molar-refractivity contribution >= 4 is 21.8 Å². The number of alkyl halides is 1. The molecule has 0 bridgehead atoms. The molecule has 0 aliphatic carbocycles. The van der Waals surface area contributed by atoms with Gasteiger partial charge in [-0.25, -0.2) is 0 Å². The van der Waals surface area contributed by atoms with Gasteiger partial charge in [0, 0.05) is 13.1 Å². The van der Waals surface area contributed by atoms with E-state index in [0.717, 1.165) is 25.9 Å². The predicted octanol–water partition coefficient (Wildman–Crippen LogP) is 2.74. The van der Waals surface area contributed by atoms with Crippen LogP contribution in [0.5, 0.6) is 0 Å².